The standard InChI is InChI=1S/C12H21N3O3/c1-18-9-8-14-6-7-15(12(17)11(14)16)10-2-4-13-5-3-10/h10,13H,2-9H2,1H3. The monoisotopic (exact) mass is 255 g/mol. The molecule has 2 heterocycles. The van der Waals surface area contributed by atoms with Crippen LogP contribution in [-0.4, -0.2) is 74.1 Å². The summed E-state index contributed by atoms with van der Waals surface area (Å²) in [5, 5.41) is 3.27. The molecule has 0 radical (unpaired) electrons. The zero-order valence-electron chi connectivity index (χ0n) is 10.9. The quantitative estimate of drug-likeness (QED) is 0.658. The first-order valence-electron chi connectivity index (χ1n) is 6.53. The van der Waals surface area contributed by atoms with E-state index in [4.69, 9.17) is 4.74 Å². The van der Waals surface area contributed by atoms with Crippen molar-refractivity contribution in [2.24, 2.45) is 0 Å². The molecular weight excluding hydrogens is 234 g/mol. The van der Waals surface area contributed by atoms with E-state index < -0.39 is 0 Å². The summed E-state index contributed by atoms with van der Waals surface area (Å²) in [6, 6.07) is 0.229. The number of amides is 2. The summed E-state index contributed by atoms with van der Waals surface area (Å²) in [6.07, 6.45) is 1.88. The van der Waals surface area contributed by atoms with Gasteiger partial charge in [0.2, 0.25) is 0 Å². The second kappa shape index (κ2) is 6.15. The summed E-state index contributed by atoms with van der Waals surface area (Å²) in [5.41, 5.74) is 0. The lowest BCUT2D eigenvalue weighted by Crippen LogP contribution is -2.59. The summed E-state index contributed by atoms with van der Waals surface area (Å²) < 4.78 is 4.94. The van der Waals surface area contributed by atoms with Crippen LogP contribution in [0.5, 0.6) is 0 Å². The Hall–Kier alpha value is -1.14. The Kier molecular flexibility index (Phi) is 4.54. The van der Waals surface area contributed by atoms with Crippen molar-refractivity contribution < 1.29 is 14.3 Å². The predicted molar refractivity (Wildman–Crippen MR) is 66.1 cm³/mol. The van der Waals surface area contributed by atoms with Gasteiger partial charge in [0.15, 0.2) is 0 Å². The molecule has 0 aromatic rings. The van der Waals surface area contributed by atoms with Crippen molar-refractivity contribution in [1.29, 1.82) is 0 Å². The van der Waals surface area contributed by atoms with E-state index in [-0.39, 0.29) is 17.9 Å². The van der Waals surface area contributed by atoms with Gasteiger partial charge in [0.25, 0.3) is 0 Å². The maximum absolute atomic E-state index is 12.1. The predicted octanol–water partition coefficient (Wildman–Crippen LogP) is -0.944. The molecule has 6 heteroatoms. The molecule has 0 aromatic heterocycles. The van der Waals surface area contributed by atoms with Crippen LogP contribution in [0.1, 0.15) is 12.8 Å². The van der Waals surface area contributed by atoms with Gasteiger partial charge < -0.3 is 19.9 Å². The second-order valence-electron chi connectivity index (χ2n) is 4.76. The fraction of sp³-hybridized carbons (Fsp3) is 0.833. The number of nitrogens with one attached hydrogen (secondary N) is 1. The van der Waals surface area contributed by atoms with Crippen molar-refractivity contribution >= 4 is 11.8 Å². The molecule has 0 aromatic carbocycles. The van der Waals surface area contributed by atoms with E-state index in [1.807, 2.05) is 0 Å². The van der Waals surface area contributed by atoms with E-state index in [1.54, 1.807) is 16.9 Å². The summed E-state index contributed by atoms with van der Waals surface area (Å²) in [5.74, 6) is -0.721. The molecule has 1 N–H and O–H groups in total. The van der Waals surface area contributed by atoms with Gasteiger partial charge in [-0.2, -0.15) is 0 Å². The van der Waals surface area contributed by atoms with Crippen molar-refractivity contribution in [3.8, 4) is 0 Å². The molecule has 2 fully saturated rings. The number of ether oxygens (including phenoxy) is 1. The van der Waals surface area contributed by atoms with Crippen molar-refractivity contribution in [3.63, 3.8) is 0 Å². The van der Waals surface area contributed by atoms with E-state index in [1.165, 1.54) is 0 Å². The molecule has 18 heavy (non-hydrogen) atoms. The highest BCUT2D eigenvalue weighted by Gasteiger charge is 2.36. The van der Waals surface area contributed by atoms with E-state index >= 15 is 0 Å². The van der Waals surface area contributed by atoms with E-state index in [0.29, 0.717) is 26.2 Å². The first kappa shape index (κ1) is 13.3. The molecular formula is C12H21N3O3. The van der Waals surface area contributed by atoms with Crippen LogP contribution in [0.3, 0.4) is 0 Å². The number of hydrogen-bond acceptors (Lipinski definition) is 4. The minimum atomic E-state index is -0.378. The zero-order chi connectivity index (χ0) is 13.0. The molecule has 102 valence electrons. The van der Waals surface area contributed by atoms with Crippen LogP contribution in [-0.2, 0) is 14.3 Å². The fourth-order valence-electron chi connectivity index (χ4n) is 2.57. The summed E-state index contributed by atoms with van der Waals surface area (Å²) >= 11 is 0. The summed E-state index contributed by atoms with van der Waals surface area (Å²) in [6.45, 7) is 4.11. The number of carbonyl (C=O) groups excluding carboxylic acids is 2. The Morgan fingerprint density at radius 2 is 1.94 bits per heavy atom. The van der Waals surface area contributed by atoms with Crippen LogP contribution < -0.4 is 5.32 Å². The highest BCUT2D eigenvalue weighted by Crippen LogP contribution is 2.16. The lowest BCUT2D eigenvalue weighted by Gasteiger charge is -2.39. The Balaban J connectivity index is 1.92. The average molecular weight is 255 g/mol. The van der Waals surface area contributed by atoms with Gasteiger partial charge >= 0.3 is 11.8 Å². The molecule has 6 nitrogen and oxygen atoms in total. The van der Waals surface area contributed by atoms with E-state index in [0.717, 1.165) is 25.9 Å². The van der Waals surface area contributed by atoms with Gasteiger partial charge in [-0.05, 0) is 25.9 Å². The molecule has 0 aliphatic carbocycles. The molecule has 2 aliphatic heterocycles. The van der Waals surface area contributed by atoms with Gasteiger partial charge in [-0.1, -0.05) is 0 Å². The van der Waals surface area contributed by atoms with Gasteiger partial charge in [-0.15, -0.1) is 0 Å². The van der Waals surface area contributed by atoms with Crippen molar-refractivity contribution in [2.75, 3.05) is 46.4 Å². The minimum absolute atomic E-state index is 0.229. The number of rotatable bonds is 4. The molecule has 0 saturated carbocycles. The van der Waals surface area contributed by atoms with E-state index in [9.17, 15) is 9.59 Å². The van der Waals surface area contributed by atoms with Crippen LogP contribution >= 0.6 is 0 Å². The van der Waals surface area contributed by atoms with Crippen LogP contribution in [0.4, 0.5) is 0 Å². The van der Waals surface area contributed by atoms with Crippen molar-refractivity contribution in [3.05, 3.63) is 0 Å². The van der Waals surface area contributed by atoms with Crippen molar-refractivity contribution in [1.82, 2.24) is 15.1 Å². The van der Waals surface area contributed by atoms with Gasteiger partial charge in [0.05, 0.1) is 6.61 Å². The SMILES string of the molecule is COCCN1CCN(C2CCNCC2)C(=O)C1=O. The largest absolute Gasteiger partial charge is 0.383 e. The Labute approximate surface area is 107 Å². The number of piperidine rings is 1. The number of piperazine rings is 1. The van der Waals surface area contributed by atoms with Crippen LogP contribution in [0.2, 0.25) is 0 Å². The second-order valence-corrected chi connectivity index (χ2v) is 4.76. The lowest BCUT2D eigenvalue weighted by atomic mass is 10.0. The van der Waals surface area contributed by atoms with Crippen LogP contribution in [0.25, 0.3) is 0 Å². The Bertz CT molecular complexity index is 316. The normalized spacial score (nSPS) is 22.7. The van der Waals surface area contributed by atoms with Gasteiger partial charge in [0.1, 0.15) is 0 Å². The molecule has 2 rings (SSSR count). The van der Waals surface area contributed by atoms with Gasteiger partial charge in [0, 0.05) is 32.8 Å². The summed E-state index contributed by atoms with van der Waals surface area (Å²) in [7, 11) is 1.59. The third kappa shape index (κ3) is 2.81. The summed E-state index contributed by atoms with van der Waals surface area (Å²) in [4.78, 5) is 27.4. The maximum Gasteiger partial charge on any atom is 0.312 e. The molecule has 2 saturated heterocycles. The molecule has 0 bridgehead atoms. The van der Waals surface area contributed by atoms with Crippen LogP contribution in [0, 0.1) is 0 Å². The fourth-order valence-corrected chi connectivity index (χ4v) is 2.57. The lowest BCUT2D eigenvalue weighted by molar-refractivity contribution is -0.158. The van der Waals surface area contributed by atoms with E-state index in [2.05, 4.69) is 5.32 Å². The number of hydrogen-bond donors (Lipinski definition) is 1. The molecule has 0 spiro atoms. The molecule has 2 aliphatic rings. The van der Waals surface area contributed by atoms with Gasteiger partial charge in [-0.25, -0.2) is 0 Å². The average Bonchev–Trinajstić information content (AvgIpc) is 2.41. The van der Waals surface area contributed by atoms with Gasteiger partial charge in [-0.3, -0.25) is 9.59 Å². The maximum atomic E-state index is 12.1. The van der Waals surface area contributed by atoms with Crippen molar-refractivity contribution in [2.45, 2.75) is 18.9 Å². The third-order valence-corrected chi connectivity index (χ3v) is 3.66. The highest BCUT2D eigenvalue weighted by molar-refractivity contribution is 6.35. The Morgan fingerprint density at radius 3 is 2.61 bits per heavy atom. The highest BCUT2D eigenvalue weighted by atomic mass is 16.5. The Morgan fingerprint density at radius 1 is 1.22 bits per heavy atom. The smallest absolute Gasteiger partial charge is 0.312 e. The number of carbonyl (C=O) groups is 2. The molecule has 0 unspecified atom stereocenters. The molecule has 2 amide bonds. The number of nitrogens with zero attached hydrogens (tertiary/aromatic N) is 2. The first-order chi connectivity index (χ1) is 8.74. The molecule has 0 atom stereocenters. The van der Waals surface area contributed by atoms with Crippen LogP contribution in [0.15, 0.2) is 0 Å². The number of methoxy groups -OCH3 is 1. The topological polar surface area (TPSA) is 61.9 Å². The first-order valence-corrected chi connectivity index (χ1v) is 6.53. The third-order valence-electron chi connectivity index (χ3n) is 3.66. The zero-order valence-corrected chi connectivity index (χ0v) is 10.9. The minimum Gasteiger partial charge on any atom is -0.383 e.